The predicted molar refractivity (Wildman–Crippen MR) is 100 cm³/mol. The molecular formula is C17H27N2O7P. The van der Waals surface area contributed by atoms with Crippen LogP contribution in [0.2, 0.25) is 0 Å². The zero-order valence-corrected chi connectivity index (χ0v) is 17.1. The maximum Gasteiger partial charge on any atom is 0.413 e. The Morgan fingerprint density at radius 1 is 1.22 bits per heavy atom. The molecule has 1 atom stereocenters. The van der Waals surface area contributed by atoms with Crippen LogP contribution < -0.4 is 5.32 Å². The molecule has 1 amide bonds. The van der Waals surface area contributed by atoms with Gasteiger partial charge in [-0.25, -0.2) is 9.78 Å². The highest BCUT2D eigenvalue weighted by Crippen LogP contribution is 2.54. The summed E-state index contributed by atoms with van der Waals surface area (Å²) in [5.41, 5.74) is -1.49. The van der Waals surface area contributed by atoms with Gasteiger partial charge in [0, 0.05) is 6.20 Å². The third-order valence-corrected chi connectivity index (χ3v) is 5.57. The fraction of sp³-hybridized carbons (Fsp3) is 0.588. The van der Waals surface area contributed by atoms with Crippen molar-refractivity contribution in [2.45, 2.75) is 52.3 Å². The van der Waals surface area contributed by atoms with Gasteiger partial charge in [-0.2, -0.15) is 0 Å². The first kappa shape index (κ1) is 23.1. The Morgan fingerprint density at radius 2 is 1.81 bits per heavy atom. The number of anilines is 1. The van der Waals surface area contributed by atoms with Crippen LogP contribution in [0.4, 0.5) is 10.6 Å². The number of carboxylic acids is 1. The summed E-state index contributed by atoms with van der Waals surface area (Å²) in [5.74, 6) is -1.03. The van der Waals surface area contributed by atoms with Crippen molar-refractivity contribution in [3.8, 4) is 0 Å². The van der Waals surface area contributed by atoms with E-state index in [4.69, 9.17) is 13.8 Å². The maximum atomic E-state index is 12.8. The van der Waals surface area contributed by atoms with Crippen LogP contribution >= 0.6 is 7.60 Å². The fourth-order valence-corrected chi connectivity index (χ4v) is 4.02. The van der Waals surface area contributed by atoms with E-state index in [1.807, 2.05) is 0 Å². The number of rotatable bonds is 9. The quantitative estimate of drug-likeness (QED) is 0.599. The van der Waals surface area contributed by atoms with Crippen molar-refractivity contribution in [3.63, 3.8) is 0 Å². The second-order valence-corrected chi connectivity index (χ2v) is 8.83. The average molecular weight is 402 g/mol. The van der Waals surface area contributed by atoms with Gasteiger partial charge in [0.25, 0.3) is 0 Å². The molecule has 0 fully saturated rings. The number of carbonyl (C=O) groups is 2. The molecule has 2 N–H and O–H groups in total. The first-order chi connectivity index (χ1) is 12.5. The molecule has 0 aliphatic heterocycles. The van der Waals surface area contributed by atoms with Gasteiger partial charge in [-0.1, -0.05) is 6.07 Å². The van der Waals surface area contributed by atoms with Crippen molar-refractivity contribution < 1.29 is 33.0 Å². The Morgan fingerprint density at radius 3 is 2.22 bits per heavy atom. The summed E-state index contributed by atoms with van der Waals surface area (Å²) in [5, 5.41) is 12.0. The van der Waals surface area contributed by atoms with Crippen LogP contribution in [0.3, 0.4) is 0 Å². The summed E-state index contributed by atoms with van der Waals surface area (Å²) in [6, 6.07) is 3.09. The highest BCUT2D eigenvalue weighted by molar-refractivity contribution is 7.55. The number of carboxylic acid groups (broad SMARTS) is 1. The number of hydrogen-bond acceptors (Lipinski definition) is 7. The Labute approximate surface area is 159 Å². The largest absolute Gasteiger partial charge is 0.481 e. The third-order valence-electron chi connectivity index (χ3n) is 3.17. The van der Waals surface area contributed by atoms with Crippen LogP contribution in [0, 0.1) is 0 Å². The summed E-state index contributed by atoms with van der Waals surface area (Å²) < 4.78 is 28.2. The molecule has 27 heavy (non-hydrogen) atoms. The zero-order valence-electron chi connectivity index (χ0n) is 16.2. The molecule has 152 valence electrons. The number of carbonyl (C=O) groups excluding carboxylic acids is 1. The zero-order chi connectivity index (χ0) is 20.7. The second kappa shape index (κ2) is 9.82. The molecule has 1 heterocycles. The van der Waals surface area contributed by atoms with E-state index < -0.39 is 30.9 Å². The van der Waals surface area contributed by atoms with Gasteiger partial charge < -0.3 is 18.9 Å². The first-order valence-corrected chi connectivity index (χ1v) is 10.2. The molecule has 0 saturated heterocycles. The number of aromatic nitrogens is 1. The van der Waals surface area contributed by atoms with Crippen molar-refractivity contribution >= 4 is 25.5 Å². The van der Waals surface area contributed by atoms with E-state index in [9.17, 15) is 19.3 Å². The molecular weight excluding hydrogens is 375 g/mol. The van der Waals surface area contributed by atoms with Gasteiger partial charge in [0.2, 0.25) is 0 Å². The molecule has 0 bridgehead atoms. The van der Waals surface area contributed by atoms with Crippen LogP contribution in [0.15, 0.2) is 18.3 Å². The number of ether oxygens (including phenoxy) is 1. The number of pyridine rings is 1. The lowest BCUT2D eigenvalue weighted by atomic mass is 10.1. The summed E-state index contributed by atoms with van der Waals surface area (Å²) >= 11 is 0. The van der Waals surface area contributed by atoms with Crippen LogP contribution in [-0.4, -0.2) is 46.6 Å². The molecule has 0 saturated carbocycles. The number of nitrogens with one attached hydrogen (secondary N) is 1. The summed E-state index contributed by atoms with van der Waals surface area (Å²) in [6.07, 6.45) is 0.653. The van der Waals surface area contributed by atoms with E-state index >= 15 is 0 Å². The Kier molecular flexibility index (Phi) is 8.40. The van der Waals surface area contributed by atoms with E-state index in [0.29, 0.717) is 5.56 Å². The number of nitrogens with zero attached hydrogens (tertiary/aromatic N) is 1. The SMILES string of the molecule is CCOP(=O)(OCC)C(Cc1ccc(NC(=O)OC(C)(C)C)nc1)C(=O)O. The topological polar surface area (TPSA) is 124 Å². The van der Waals surface area contributed by atoms with Gasteiger partial charge in [-0.15, -0.1) is 0 Å². The lowest BCUT2D eigenvalue weighted by molar-refractivity contribution is -0.137. The number of hydrogen-bond donors (Lipinski definition) is 2. The predicted octanol–water partition coefficient (Wildman–Crippen LogP) is 3.69. The van der Waals surface area contributed by atoms with Gasteiger partial charge in [0.15, 0.2) is 5.66 Å². The smallest absolute Gasteiger partial charge is 0.413 e. The lowest BCUT2D eigenvalue weighted by Gasteiger charge is -2.23. The van der Waals surface area contributed by atoms with E-state index in [-0.39, 0.29) is 25.5 Å². The minimum Gasteiger partial charge on any atom is -0.481 e. The van der Waals surface area contributed by atoms with Crippen molar-refractivity contribution in [3.05, 3.63) is 23.9 Å². The highest BCUT2D eigenvalue weighted by atomic mass is 31.2. The molecule has 0 spiro atoms. The van der Waals surface area contributed by atoms with Crippen LogP contribution in [-0.2, 0) is 29.6 Å². The minimum absolute atomic E-state index is 0.0675. The van der Waals surface area contributed by atoms with Crippen molar-refractivity contribution in [2.24, 2.45) is 0 Å². The maximum absolute atomic E-state index is 12.8. The minimum atomic E-state index is -3.83. The molecule has 0 aliphatic carbocycles. The molecule has 0 aromatic carbocycles. The van der Waals surface area contributed by atoms with Crippen LogP contribution in [0.1, 0.15) is 40.2 Å². The molecule has 10 heteroatoms. The van der Waals surface area contributed by atoms with E-state index in [1.165, 1.54) is 12.3 Å². The van der Waals surface area contributed by atoms with Crippen LogP contribution in [0.5, 0.6) is 0 Å². The monoisotopic (exact) mass is 402 g/mol. The Bertz CT molecular complexity index is 676. The number of aliphatic carboxylic acids is 1. The normalized spacial score (nSPS) is 13.1. The molecule has 1 aromatic rings. The van der Waals surface area contributed by atoms with E-state index in [1.54, 1.807) is 40.7 Å². The van der Waals surface area contributed by atoms with E-state index in [0.717, 1.165) is 0 Å². The van der Waals surface area contributed by atoms with Crippen molar-refractivity contribution in [2.75, 3.05) is 18.5 Å². The van der Waals surface area contributed by atoms with Crippen molar-refractivity contribution in [1.29, 1.82) is 0 Å². The lowest BCUT2D eigenvalue weighted by Crippen LogP contribution is -2.27. The number of amides is 1. The van der Waals surface area contributed by atoms with Gasteiger partial charge in [0.1, 0.15) is 11.4 Å². The summed E-state index contributed by atoms with van der Waals surface area (Å²) in [7, 11) is -3.83. The Balaban J connectivity index is 2.88. The van der Waals surface area contributed by atoms with E-state index in [2.05, 4.69) is 10.3 Å². The average Bonchev–Trinajstić information content (AvgIpc) is 2.52. The van der Waals surface area contributed by atoms with Gasteiger partial charge in [-0.05, 0) is 52.7 Å². The molecule has 1 aromatic heterocycles. The van der Waals surface area contributed by atoms with Crippen molar-refractivity contribution in [1.82, 2.24) is 4.98 Å². The fourth-order valence-electron chi connectivity index (χ4n) is 2.16. The second-order valence-electron chi connectivity index (χ2n) is 6.61. The van der Waals surface area contributed by atoms with Crippen LogP contribution in [0.25, 0.3) is 0 Å². The summed E-state index contributed by atoms with van der Waals surface area (Å²) in [6.45, 7) is 8.58. The third kappa shape index (κ3) is 7.66. The molecule has 0 aliphatic rings. The molecule has 1 rings (SSSR count). The van der Waals surface area contributed by atoms with Gasteiger partial charge >= 0.3 is 19.7 Å². The standard InChI is InChI=1S/C17H27N2O7P/c1-6-24-27(23,25-7-2)13(15(20)21)10-12-8-9-14(18-11-12)19-16(22)26-17(3,4)5/h8-9,11,13H,6-7,10H2,1-5H3,(H,20,21)(H,18,19,22). The highest BCUT2D eigenvalue weighted by Gasteiger charge is 2.41. The Hall–Kier alpha value is -1.96. The van der Waals surface area contributed by atoms with Gasteiger partial charge in [0.05, 0.1) is 13.2 Å². The summed E-state index contributed by atoms with van der Waals surface area (Å²) in [4.78, 5) is 27.4. The molecule has 1 unspecified atom stereocenters. The molecule has 0 radical (unpaired) electrons. The first-order valence-electron chi connectivity index (χ1n) is 8.57. The van der Waals surface area contributed by atoms with Gasteiger partial charge in [-0.3, -0.25) is 14.7 Å². The molecule has 9 nitrogen and oxygen atoms in total.